The van der Waals surface area contributed by atoms with Gasteiger partial charge in [-0.1, -0.05) is 45.7 Å². The molecule has 0 spiro atoms. The van der Waals surface area contributed by atoms with Gasteiger partial charge in [0.15, 0.2) is 0 Å². The van der Waals surface area contributed by atoms with E-state index in [0.717, 1.165) is 10.0 Å². The highest BCUT2D eigenvalue weighted by Gasteiger charge is 2.13. The third-order valence-electron chi connectivity index (χ3n) is 2.53. The fourth-order valence-electron chi connectivity index (χ4n) is 1.52. The van der Waals surface area contributed by atoms with Gasteiger partial charge in [0.25, 0.3) is 9.05 Å². The summed E-state index contributed by atoms with van der Waals surface area (Å²) in [6, 6.07) is 11.7. The Hall–Kier alpha value is -0.750. The molecule has 3 nitrogen and oxygen atoms in total. The Morgan fingerprint density at radius 2 is 1.85 bits per heavy atom. The van der Waals surface area contributed by atoms with Gasteiger partial charge < -0.3 is 4.74 Å². The van der Waals surface area contributed by atoms with Crippen LogP contribution in [0.5, 0.6) is 5.75 Å². The second-order valence-corrected chi connectivity index (χ2v) is 7.74. The second kappa shape index (κ2) is 6.35. The van der Waals surface area contributed by atoms with Crippen LogP contribution in [-0.2, 0) is 15.7 Å². The molecule has 0 fully saturated rings. The Balaban J connectivity index is 2.17. The zero-order chi connectivity index (χ0) is 14.8. The molecule has 7 heteroatoms. The highest BCUT2D eigenvalue weighted by molar-refractivity contribution is 9.10. The number of benzene rings is 2. The van der Waals surface area contributed by atoms with Crippen LogP contribution in [-0.4, -0.2) is 8.42 Å². The molecule has 2 aromatic rings. The summed E-state index contributed by atoms with van der Waals surface area (Å²) in [4.78, 5) is -0.0580. The maximum atomic E-state index is 11.2. The molecule has 0 N–H and O–H groups in total. The number of rotatable bonds is 4. The zero-order valence-corrected chi connectivity index (χ0v) is 13.9. The minimum absolute atomic E-state index is 0.0580. The van der Waals surface area contributed by atoms with Crippen LogP contribution in [0.2, 0.25) is 5.02 Å². The van der Waals surface area contributed by atoms with Gasteiger partial charge >= 0.3 is 0 Å². The quantitative estimate of drug-likeness (QED) is 0.710. The summed E-state index contributed by atoms with van der Waals surface area (Å²) in [7, 11) is 1.45. The van der Waals surface area contributed by atoms with Gasteiger partial charge in [-0.3, -0.25) is 0 Å². The van der Waals surface area contributed by atoms with Crippen LogP contribution in [0.3, 0.4) is 0 Å². The smallest absolute Gasteiger partial charge is 0.261 e. The molecule has 0 saturated carbocycles. The van der Waals surface area contributed by atoms with Crippen LogP contribution in [0.15, 0.2) is 51.8 Å². The monoisotopic (exact) mass is 394 g/mol. The summed E-state index contributed by atoms with van der Waals surface area (Å²) >= 11 is 9.40. The minimum atomic E-state index is -3.79. The number of ether oxygens (including phenoxy) is 1. The first-order valence-electron chi connectivity index (χ1n) is 5.48. The van der Waals surface area contributed by atoms with E-state index in [4.69, 9.17) is 27.0 Å². The van der Waals surface area contributed by atoms with Crippen molar-refractivity contribution in [2.24, 2.45) is 0 Å². The second-order valence-electron chi connectivity index (χ2n) is 3.91. The van der Waals surface area contributed by atoms with Crippen LogP contribution < -0.4 is 4.74 Å². The Kier molecular flexibility index (Phi) is 4.96. The number of halogens is 3. The standard InChI is InChI=1S/C13H9BrCl2O3S/c14-11-4-2-1-3-9(11)8-19-13-6-5-10(7-12(13)15)20(16,17)18/h1-7H,8H2. The van der Waals surface area contributed by atoms with Gasteiger partial charge in [-0.25, -0.2) is 8.42 Å². The zero-order valence-electron chi connectivity index (χ0n) is 10.0. The van der Waals surface area contributed by atoms with Crippen molar-refractivity contribution in [1.82, 2.24) is 0 Å². The molecule has 0 aromatic heterocycles. The molecular weight excluding hydrogens is 387 g/mol. The molecule has 0 radical (unpaired) electrons. The SMILES string of the molecule is O=S(=O)(Cl)c1ccc(OCc2ccccc2Br)c(Cl)c1. The predicted octanol–water partition coefficient (Wildman–Crippen LogP) is 4.61. The van der Waals surface area contributed by atoms with Gasteiger partial charge in [-0.15, -0.1) is 0 Å². The van der Waals surface area contributed by atoms with Crippen LogP contribution in [0.1, 0.15) is 5.56 Å². The molecule has 0 bridgehead atoms. The molecule has 0 aliphatic carbocycles. The summed E-state index contributed by atoms with van der Waals surface area (Å²) in [5, 5.41) is 0.193. The summed E-state index contributed by atoms with van der Waals surface area (Å²) in [6.45, 7) is 0.314. The molecule has 0 saturated heterocycles. The van der Waals surface area contributed by atoms with Gasteiger partial charge in [0.2, 0.25) is 0 Å². The van der Waals surface area contributed by atoms with Crippen LogP contribution in [0.4, 0.5) is 0 Å². The van der Waals surface area contributed by atoms with Gasteiger partial charge in [0.1, 0.15) is 12.4 Å². The first-order chi connectivity index (χ1) is 9.38. The predicted molar refractivity (Wildman–Crippen MR) is 83.0 cm³/mol. The fraction of sp³-hybridized carbons (Fsp3) is 0.0769. The third-order valence-corrected chi connectivity index (χ3v) is 4.95. The fourth-order valence-corrected chi connectivity index (χ4v) is 3.00. The Morgan fingerprint density at radius 1 is 1.15 bits per heavy atom. The van der Waals surface area contributed by atoms with E-state index >= 15 is 0 Å². The van der Waals surface area contributed by atoms with Crippen LogP contribution >= 0.6 is 38.2 Å². The maximum Gasteiger partial charge on any atom is 0.261 e. The van der Waals surface area contributed by atoms with Crippen LogP contribution in [0, 0.1) is 0 Å². The summed E-state index contributed by atoms with van der Waals surface area (Å²) in [5.41, 5.74) is 0.956. The van der Waals surface area contributed by atoms with E-state index in [1.807, 2.05) is 24.3 Å². The third kappa shape index (κ3) is 3.88. The van der Waals surface area contributed by atoms with Gasteiger partial charge in [-0.05, 0) is 24.3 Å². The topological polar surface area (TPSA) is 43.4 Å². The van der Waals surface area contributed by atoms with Gasteiger partial charge in [-0.2, -0.15) is 0 Å². The molecular formula is C13H9BrCl2O3S. The molecule has 106 valence electrons. The first kappa shape index (κ1) is 15.6. The largest absolute Gasteiger partial charge is 0.487 e. The Bertz CT molecular complexity index is 732. The van der Waals surface area contributed by atoms with Crippen molar-refractivity contribution < 1.29 is 13.2 Å². The first-order valence-corrected chi connectivity index (χ1v) is 8.96. The highest BCUT2D eigenvalue weighted by Crippen LogP contribution is 2.29. The van der Waals surface area contributed by atoms with Crippen molar-refractivity contribution in [1.29, 1.82) is 0 Å². The van der Waals surface area contributed by atoms with Crippen molar-refractivity contribution >= 4 is 47.3 Å². The summed E-state index contributed by atoms with van der Waals surface area (Å²) in [5.74, 6) is 0.395. The average molecular weight is 396 g/mol. The van der Waals surface area contributed by atoms with Crippen molar-refractivity contribution in [2.45, 2.75) is 11.5 Å². The Morgan fingerprint density at radius 3 is 2.45 bits per heavy atom. The average Bonchev–Trinajstić information content (AvgIpc) is 2.38. The molecule has 0 amide bonds. The lowest BCUT2D eigenvalue weighted by Crippen LogP contribution is -1.98. The van der Waals surface area contributed by atoms with E-state index in [0.29, 0.717) is 12.4 Å². The van der Waals surface area contributed by atoms with Crippen molar-refractivity contribution in [2.75, 3.05) is 0 Å². The van der Waals surface area contributed by atoms with Gasteiger partial charge in [0.05, 0.1) is 9.92 Å². The molecule has 20 heavy (non-hydrogen) atoms. The summed E-state index contributed by atoms with van der Waals surface area (Å²) in [6.07, 6.45) is 0. The molecule has 0 unspecified atom stereocenters. The molecule has 2 rings (SSSR count). The Labute approximate surface area is 135 Å². The van der Waals surface area contributed by atoms with Crippen molar-refractivity contribution in [3.8, 4) is 5.75 Å². The summed E-state index contributed by atoms with van der Waals surface area (Å²) < 4.78 is 28.9. The van der Waals surface area contributed by atoms with E-state index in [-0.39, 0.29) is 9.92 Å². The number of hydrogen-bond donors (Lipinski definition) is 0. The van der Waals surface area contributed by atoms with E-state index < -0.39 is 9.05 Å². The maximum absolute atomic E-state index is 11.2. The van der Waals surface area contributed by atoms with E-state index in [2.05, 4.69) is 15.9 Å². The van der Waals surface area contributed by atoms with Crippen molar-refractivity contribution in [3.63, 3.8) is 0 Å². The highest BCUT2D eigenvalue weighted by atomic mass is 79.9. The van der Waals surface area contributed by atoms with E-state index in [1.54, 1.807) is 0 Å². The normalized spacial score (nSPS) is 11.3. The van der Waals surface area contributed by atoms with E-state index in [9.17, 15) is 8.42 Å². The molecule has 0 aliphatic rings. The lowest BCUT2D eigenvalue weighted by Gasteiger charge is -2.10. The van der Waals surface area contributed by atoms with Gasteiger partial charge in [0, 0.05) is 20.7 Å². The molecule has 0 atom stereocenters. The van der Waals surface area contributed by atoms with Crippen molar-refractivity contribution in [3.05, 3.63) is 57.5 Å². The minimum Gasteiger partial charge on any atom is -0.487 e. The molecule has 0 aliphatic heterocycles. The van der Waals surface area contributed by atoms with E-state index in [1.165, 1.54) is 18.2 Å². The molecule has 0 heterocycles. The number of hydrogen-bond acceptors (Lipinski definition) is 3. The molecule has 2 aromatic carbocycles. The lowest BCUT2D eigenvalue weighted by molar-refractivity contribution is 0.305. The lowest BCUT2D eigenvalue weighted by atomic mass is 10.2. The van der Waals surface area contributed by atoms with Crippen LogP contribution in [0.25, 0.3) is 0 Å².